The fraction of sp³-hybridized carbons (Fsp3) is 0.0952. The number of hydrogen-bond acceptors (Lipinski definition) is 0. The number of rotatable bonds is 5. The molecule has 0 atom stereocenters. The molecule has 1 nitrogen and oxygen atoms in total. The first-order valence-corrected chi connectivity index (χ1v) is 7.66. The molecule has 0 N–H and O–H groups in total. The van der Waals surface area contributed by atoms with Gasteiger partial charge in [-0.25, -0.2) is 4.57 Å². The van der Waals surface area contributed by atoms with Gasteiger partial charge in [0.1, 0.15) is 0 Å². The topological polar surface area (TPSA) is 3.88 Å². The normalized spacial score (nSPS) is 10.9. The number of nitrogens with zero attached hydrogens (tertiary/aromatic N) is 1. The van der Waals surface area contributed by atoms with Crippen molar-refractivity contribution in [3.05, 3.63) is 102 Å². The van der Waals surface area contributed by atoms with E-state index in [9.17, 15) is 0 Å². The maximum Gasteiger partial charge on any atom is 0.169 e. The highest BCUT2D eigenvalue weighted by molar-refractivity contribution is 5.68. The van der Waals surface area contributed by atoms with Crippen molar-refractivity contribution in [2.45, 2.75) is 13.0 Å². The fourth-order valence-electron chi connectivity index (χ4n) is 2.39. The summed E-state index contributed by atoms with van der Waals surface area (Å²) < 4.78 is 2.23. The minimum Gasteiger partial charge on any atom is -0.205 e. The lowest BCUT2D eigenvalue weighted by atomic mass is 10.1. The Kier molecular flexibility index (Phi) is 4.78. The van der Waals surface area contributed by atoms with Crippen LogP contribution in [0.4, 0.5) is 0 Å². The first-order valence-electron chi connectivity index (χ1n) is 7.66. The molecular formula is C21H20N+. The molecule has 3 aromatic rings. The molecule has 2 aromatic carbocycles. The van der Waals surface area contributed by atoms with E-state index in [0.29, 0.717) is 0 Å². The van der Waals surface area contributed by atoms with E-state index in [1.54, 1.807) is 0 Å². The van der Waals surface area contributed by atoms with Crippen molar-refractivity contribution in [2.75, 3.05) is 0 Å². The van der Waals surface area contributed by atoms with Crippen LogP contribution in [0.15, 0.2) is 85.2 Å². The second-order valence-electron chi connectivity index (χ2n) is 5.35. The van der Waals surface area contributed by atoms with E-state index >= 15 is 0 Å². The van der Waals surface area contributed by atoms with Gasteiger partial charge in [0.15, 0.2) is 18.9 Å². The van der Waals surface area contributed by atoms with E-state index in [0.717, 1.165) is 13.0 Å². The standard InChI is InChI=1S/C21H20N/c1-3-7-19(8-4-1)11-12-21-14-17-22(18-15-21)16-13-20-9-5-2-6-10-20/h1-12,14-15,17-18H,13,16H2/q+1/b12-11-. The molecule has 0 aliphatic rings. The number of pyridine rings is 1. The number of hydrogen-bond donors (Lipinski definition) is 0. The Hall–Kier alpha value is -2.67. The Morgan fingerprint density at radius 3 is 1.82 bits per heavy atom. The third-order valence-corrected chi connectivity index (χ3v) is 3.69. The monoisotopic (exact) mass is 286 g/mol. The van der Waals surface area contributed by atoms with Crippen molar-refractivity contribution >= 4 is 12.2 Å². The van der Waals surface area contributed by atoms with Crippen molar-refractivity contribution in [2.24, 2.45) is 0 Å². The number of benzene rings is 2. The summed E-state index contributed by atoms with van der Waals surface area (Å²) in [5.41, 5.74) is 3.83. The lowest BCUT2D eigenvalue weighted by Gasteiger charge is -1.99. The molecule has 0 saturated carbocycles. The van der Waals surface area contributed by atoms with Crippen LogP contribution in [0.5, 0.6) is 0 Å². The van der Waals surface area contributed by atoms with E-state index in [-0.39, 0.29) is 0 Å². The molecule has 0 fully saturated rings. The molecule has 108 valence electrons. The molecule has 1 heteroatoms. The Balaban J connectivity index is 1.59. The van der Waals surface area contributed by atoms with Crippen LogP contribution in [-0.4, -0.2) is 0 Å². The summed E-state index contributed by atoms with van der Waals surface area (Å²) in [6, 6.07) is 25.3. The second kappa shape index (κ2) is 7.37. The first kappa shape index (κ1) is 14.3. The summed E-state index contributed by atoms with van der Waals surface area (Å²) in [6.07, 6.45) is 9.65. The fourth-order valence-corrected chi connectivity index (χ4v) is 2.39. The minimum atomic E-state index is 1.01. The van der Waals surface area contributed by atoms with Crippen LogP contribution in [0.25, 0.3) is 12.2 Å². The third kappa shape index (κ3) is 4.16. The summed E-state index contributed by atoms with van der Waals surface area (Å²) in [6.45, 7) is 1.01. The van der Waals surface area contributed by atoms with Crippen molar-refractivity contribution in [3.63, 3.8) is 0 Å². The van der Waals surface area contributed by atoms with E-state index in [4.69, 9.17) is 0 Å². The van der Waals surface area contributed by atoms with Gasteiger partial charge in [-0.1, -0.05) is 72.8 Å². The van der Waals surface area contributed by atoms with Crippen molar-refractivity contribution in [1.82, 2.24) is 0 Å². The molecule has 0 saturated heterocycles. The molecule has 0 amide bonds. The molecule has 3 rings (SSSR count). The van der Waals surface area contributed by atoms with Gasteiger partial charge in [0.25, 0.3) is 0 Å². The Morgan fingerprint density at radius 2 is 1.18 bits per heavy atom. The zero-order valence-electron chi connectivity index (χ0n) is 12.6. The van der Waals surface area contributed by atoms with Crippen LogP contribution >= 0.6 is 0 Å². The van der Waals surface area contributed by atoms with Crippen LogP contribution in [0.3, 0.4) is 0 Å². The van der Waals surface area contributed by atoms with Gasteiger partial charge in [-0.05, 0) is 16.7 Å². The molecular weight excluding hydrogens is 266 g/mol. The molecule has 0 bridgehead atoms. The van der Waals surface area contributed by atoms with Gasteiger partial charge in [-0.2, -0.15) is 0 Å². The summed E-state index contributed by atoms with van der Waals surface area (Å²) in [5, 5.41) is 0. The minimum absolute atomic E-state index is 1.01. The lowest BCUT2D eigenvalue weighted by Crippen LogP contribution is -2.33. The van der Waals surface area contributed by atoms with E-state index in [1.807, 2.05) is 6.07 Å². The summed E-state index contributed by atoms with van der Waals surface area (Å²) in [7, 11) is 0. The molecule has 0 aliphatic carbocycles. The quantitative estimate of drug-likeness (QED) is 0.613. The van der Waals surface area contributed by atoms with Crippen molar-refractivity contribution in [1.29, 1.82) is 0 Å². The van der Waals surface area contributed by atoms with Crippen molar-refractivity contribution < 1.29 is 4.57 Å². The Morgan fingerprint density at radius 1 is 0.636 bits per heavy atom. The van der Waals surface area contributed by atoms with E-state index in [1.165, 1.54) is 16.7 Å². The van der Waals surface area contributed by atoms with Gasteiger partial charge in [0.05, 0.1) is 0 Å². The predicted molar refractivity (Wildman–Crippen MR) is 92.2 cm³/mol. The van der Waals surface area contributed by atoms with Gasteiger partial charge in [0.2, 0.25) is 0 Å². The molecule has 0 spiro atoms. The SMILES string of the molecule is C(=C/c1cc[n+](CCc2ccccc2)cc1)/c1ccccc1. The van der Waals surface area contributed by atoms with Crippen LogP contribution < -0.4 is 4.57 Å². The average molecular weight is 286 g/mol. The maximum atomic E-state index is 2.23. The largest absolute Gasteiger partial charge is 0.205 e. The van der Waals surface area contributed by atoms with Crippen LogP contribution in [0.1, 0.15) is 16.7 Å². The zero-order valence-corrected chi connectivity index (χ0v) is 12.6. The van der Waals surface area contributed by atoms with Gasteiger partial charge in [-0.15, -0.1) is 0 Å². The molecule has 1 heterocycles. The first-order chi connectivity index (χ1) is 10.9. The number of aryl methyl sites for hydroxylation is 2. The van der Waals surface area contributed by atoms with Crippen molar-refractivity contribution in [3.8, 4) is 0 Å². The van der Waals surface area contributed by atoms with Gasteiger partial charge in [0, 0.05) is 18.6 Å². The zero-order chi connectivity index (χ0) is 15.0. The Labute approximate surface area is 132 Å². The number of aromatic nitrogens is 1. The van der Waals surface area contributed by atoms with E-state index in [2.05, 4.69) is 95.8 Å². The van der Waals surface area contributed by atoms with E-state index < -0.39 is 0 Å². The van der Waals surface area contributed by atoms with Gasteiger partial charge >= 0.3 is 0 Å². The molecule has 1 aromatic heterocycles. The third-order valence-electron chi connectivity index (χ3n) is 3.69. The average Bonchev–Trinajstić information content (AvgIpc) is 2.61. The summed E-state index contributed by atoms with van der Waals surface area (Å²) >= 11 is 0. The smallest absolute Gasteiger partial charge is 0.169 e. The molecule has 0 radical (unpaired) electrons. The Bertz CT molecular complexity index is 713. The molecule has 0 aliphatic heterocycles. The summed E-state index contributed by atoms with van der Waals surface area (Å²) in [5.74, 6) is 0. The maximum absolute atomic E-state index is 2.23. The van der Waals surface area contributed by atoms with Crippen LogP contribution in [0.2, 0.25) is 0 Å². The van der Waals surface area contributed by atoms with Gasteiger partial charge < -0.3 is 0 Å². The highest BCUT2D eigenvalue weighted by atomic mass is 14.9. The van der Waals surface area contributed by atoms with Crippen LogP contribution in [0, 0.1) is 0 Å². The summed E-state index contributed by atoms with van der Waals surface area (Å²) in [4.78, 5) is 0. The molecule has 22 heavy (non-hydrogen) atoms. The highest BCUT2D eigenvalue weighted by Crippen LogP contribution is 2.06. The molecule has 0 unspecified atom stereocenters. The second-order valence-corrected chi connectivity index (χ2v) is 5.35. The van der Waals surface area contributed by atoms with Crippen LogP contribution in [-0.2, 0) is 13.0 Å². The lowest BCUT2D eigenvalue weighted by molar-refractivity contribution is -0.696. The predicted octanol–water partition coefficient (Wildman–Crippen LogP) is 4.39. The highest BCUT2D eigenvalue weighted by Gasteiger charge is 2.00. The van der Waals surface area contributed by atoms with Gasteiger partial charge in [-0.3, -0.25) is 0 Å².